The molecule has 84 valence electrons. The molecule has 0 aliphatic carbocycles. The molecule has 1 atom stereocenters. The number of thioether (sulfide) groups is 1. The van der Waals surface area contributed by atoms with Gasteiger partial charge in [0, 0.05) is 6.04 Å². The molecule has 0 aliphatic rings. The van der Waals surface area contributed by atoms with Gasteiger partial charge in [0.05, 0.1) is 7.11 Å². The molecule has 0 aromatic carbocycles. The van der Waals surface area contributed by atoms with Crippen molar-refractivity contribution in [3.63, 3.8) is 0 Å². The fourth-order valence-corrected chi connectivity index (χ4v) is 1.70. The van der Waals surface area contributed by atoms with Crippen molar-refractivity contribution in [1.82, 2.24) is 5.32 Å². The molecule has 3 nitrogen and oxygen atoms in total. The lowest BCUT2D eigenvalue weighted by Gasteiger charge is -2.18. The van der Waals surface area contributed by atoms with Crippen LogP contribution >= 0.6 is 11.8 Å². The Morgan fingerprint density at radius 2 is 2.14 bits per heavy atom. The lowest BCUT2D eigenvalue weighted by Crippen LogP contribution is -2.41. The van der Waals surface area contributed by atoms with E-state index in [0.717, 1.165) is 18.6 Å². The summed E-state index contributed by atoms with van der Waals surface area (Å²) in [6, 6.07) is 0.167. The number of hydrogen-bond donors (Lipinski definition) is 1. The topological polar surface area (TPSA) is 38.3 Å². The van der Waals surface area contributed by atoms with E-state index < -0.39 is 0 Å². The maximum absolute atomic E-state index is 11.4. The van der Waals surface area contributed by atoms with Gasteiger partial charge in [-0.15, -0.1) is 0 Å². The monoisotopic (exact) mass is 219 g/mol. The Bertz CT molecular complexity index is 162. The molecule has 0 aromatic heterocycles. The Kier molecular flexibility index (Phi) is 7.99. The molecular weight excluding hydrogens is 198 g/mol. The molecule has 14 heavy (non-hydrogen) atoms. The molecule has 0 aromatic rings. The highest BCUT2D eigenvalue weighted by atomic mass is 32.2. The summed E-state index contributed by atoms with van der Waals surface area (Å²) in [6.45, 7) is 4.06. The first-order valence-corrected chi connectivity index (χ1v) is 6.34. The number of rotatable bonds is 7. The third-order valence-corrected chi connectivity index (χ3v) is 2.56. The predicted octanol–water partition coefficient (Wildman–Crippen LogP) is 1.67. The van der Waals surface area contributed by atoms with Crippen LogP contribution in [-0.2, 0) is 9.53 Å². The molecule has 0 aliphatic heterocycles. The molecular formula is C10H21NO2S. The summed E-state index contributed by atoms with van der Waals surface area (Å²) in [4.78, 5) is 11.4. The van der Waals surface area contributed by atoms with Gasteiger partial charge in [0.1, 0.15) is 6.04 Å². The molecule has 1 N–H and O–H groups in total. The molecule has 0 amide bonds. The molecule has 0 saturated heterocycles. The van der Waals surface area contributed by atoms with Gasteiger partial charge in [0.25, 0.3) is 0 Å². The number of esters is 1. The number of methoxy groups -OCH3 is 1. The van der Waals surface area contributed by atoms with Crippen LogP contribution in [0, 0.1) is 0 Å². The Hall–Kier alpha value is -0.220. The minimum absolute atomic E-state index is 0.146. The van der Waals surface area contributed by atoms with Gasteiger partial charge in [-0.1, -0.05) is 13.8 Å². The smallest absolute Gasteiger partial charge is 0.322 e. The first-order chi connectivity index (χ1) is 6.61. The van der Waals surface area contributed by atoms with Crippen LogP contribution in [0.5, 0.6) is 0 Å². The zero-order valence-corrected chi connectivity index (χ0v) is 10.3. The molecule has 0 bridgehead atoms. The van der Waals surface area contributed by atoms with E-state index in [1.807, 2.05) is 13.8 Å². The molecule has 0 saturated carbocycles. The molecule has 0 rings (SSSR count). The normalized spacial score (nSPS) is 12.9. The van der Waals surface area contributed by atoms with E-state index in [1.54, 1.807) is 11.8 Å². The van der Waals surface area contributed by atoms with Crippen LogP contribution in [-0.4, -0.2) is 37.2 Å². The van der Waals surface area contributed by atoms with Crippen molar-refractivity contribution in [2.75, 3.05) is 19.1 Å². The zero-order valence-electron chi connectivity index (χ0n) is 9.50. The first kappa shape index (κ1) is 13.8. The highest BCUT2D eigenvalue weighted by molar-refractivity contribution is 7.98. The summed E-state index contributed by atoms with van der Waals surface area (Å²) >= 11 is 1.80. The van der Waals surface area contributed by atoms with Gasteiger partial charge in [-0.2, -0.15) is 11.8 Å². The zero-order chi connectivity index (χ0) is 11.0. The van der Waals surface area contributed by atoms with Crippen LogP contribution in [0.2, 0.25) is 0 Å². The van der Waals surface area contributed by atoms with Crippen molar-refractivity contribution in [3.8, 4) is 0 Å². The van der Waals surface area contributed by atoms with Gasteiger partial charge in [-0.05, 0) is 24.9 Å². The maximum Gasteiger partial charge on any atom is 0.322 e. The quantitative estimate of drug-likeness (QED) is 0.522. The van der Waals surface area contributed by atoms with E-state index in [-0.39, 0.29) is 12.0 Å². The average Bonchev–Trinajstić information content (AvgIpc) is 2.15. The summed E-state index contributed by atoms with van der Waals surface area (Å²) < 4.78 is 4.74. The van der Waals surface area contributed by atoms with Gasteiger partial charge < -0.3 is 10.1 Å². The second kappa shape index (κ2) is 8.12. The molecule has 0 fully saturated rings. The van der Waals surface area contributed by atoms with E-state index in [0.29, 0.717) is 6.04 Å². The van der Waals surface area contributed by atoms with E-state index in [9.17, 15) is 4.79 Å². The fourth-order valence-electron chi connectivity index (χ4n) is 1.25. The van der Waals surface area contributed by atoms with E-state index >= 15 is 0 Å². The Morgan fingerprint density at radius 1 is 1.50 bits per heavy atom. The molecule has 0 spiro atoms. The average molecular weight is 219 g/mol. The summed E-state index contributed by atoms with van der Waals surface area (Å²) in [5, 5.41) is 3.21. The minimum Gasteiger partial charge on any atom is -0.468 e. The summed E-state index contributed by atoms with van der Waals surface area (Å²) in [7, 11) is 1.44. The largest absolute Gasteiger partial charge is 0.468 e. The van der Waals surface area contributed by atoms with Gasteiger partial charge in [-0.25, -0.2) is 0 Å². The summed E-state index contributed by atoms with van der Waals surface area (Å²) in [5.74, 6) is 0.938. The van der Waals surface area contributed by atoms with E-state index in [2.05, 4.69) is 11.6 Å². The summed E-state index contributed by atoms with van der Waals surface area (Å²) in [6.07, 6.45) is 3.97. The van der Waals surface area contributed by atoms with Gasteiger partial charge >= 0.3 is 5.97 Å². The van der Waals surface area contributed by atoms with E-state index in [4.69, 9.17) is 4.74 Å². The van der Waals surface area contributed by atoms with Crippen LogP contribution in [0.25, 0.3) is 0 Å². The highest BCUT2D eigenvalue weighted by Gasteiger charge is 2.18. The first-order valence-electron chi connectivity index (χ1n) is 4.94. The number of carbonyl (C=O) groups excluding carboxylic acids is 1. The fraction of sp³-hybridized carbons (Fsp3) is 0.900. The third kappa shape index (κ3) is 6.27. The number of carbonyl (C=O) groups is 1. The Balaban J connectivity index is 3.91. The van der Waals surface area contributed by atoms with Crippen molar-refractivity contribution in [2.45, 2.75) is 38.8 Å². The van der Waals surface area contributed by atoms with Crippen molar-refractivity contribution in [1.29, 1.82) is 0 Å². The molecule has 0 radical (unpaired) electrons. The second-order valence-corrected chi connectivity index (χ2v) is 4.52. The van der Waals surface area contributed by atoms with Gasteiger partial charge in [0.15, 0.2) is 0 Å². The highest BCUT2D eigenvalue weighted by Crippen LogP contribution is 2.05. The van der Waals surface area contributed by atoms with Crippen LogP contribution in [0.1, 0.15) is 26.7 Å². The second-order valence-electron chi connectivity index (χ2n) is 3.53. The maximum atomic E-state index is 11.4. The number of hydrogen-bond acceptors (Lipinski definition) is 4. The Labute approximate surface area is 91.0 Å². The van der Waals surface area contributed by atoms with Crippen molar-refractivity contribution >= 4 is 17.7 Å². The van der Waals surface area contributed by atoms with Gasteiger partial charge in [-0.3, -0.25) is 4.79 Å². The summed E-state index contributed by atoms with van der Waals surface area (Å²) in [5.41, 5.74) is 0. The minimum atomic E-state index is -0.153. The lowest BCUT2D eigenvalue weighted by atomic mass is 10.1. The lowest BCUT2D eigenvalue weighted by molar-refractivity contribution is -0.143. The van der Waals surface area contributed by atoms with Crippen molar-refractivity contribution < 1.29 is 9.53 Å². The van der Waals surface area contributed by atoms with Gasteiger partial charge in [0.2, 0.25) is 0 Å². The van der Waals surface area contributed by atoms with Crippen LogP contribution in [0.3, 0.4) is 0 Å². The SMILES string of the molecule is COC(=O)C(CCCSC)NC(C)C. The number of nitrogens with one attached hydrogen (secondary N) is 1. The van der Waals surface area contributed by atoms with Crippen molar-refractivity contribution in [3.05, 3.63) is 0 Å². The third-order valence-electron chi connectivity index (χ3n) is 1.86. The van der Waals surface area contributed by atoms with Crippen LogP contribution < -0.4 is 5.32 Å². The number of ether oxygens (including phenoxy) is 1. The molecule has 0 heterocycles. The molecule has 4 heteroatoms. The standard InChI is InChI=1S/C10H21NO2S/c1-8(2)11-9(10(12)13-3)6-5-7-14-4/h8-9,11H,5-7H2,1-4H3. The molecule has 1 unspecified atom stereocenters. The predicted molar refractivity (Wildman–Crippen MR) is 61.7 cm³/mol. The van der Waals surface area contributed by atoms with Crippen LogP contribution in [0.15, 0.2) is 0 Å². The van der Waals surface area contributed by atoms with E-state index in [1.165, 1.54) is 7.11 Å². The Morgan fingerprint density at radius 3 is 2.57 bits per heavy atom. The van der Waals surface area contributed by atoms with Crippen LogP contribution in [0.4, 0.5) is 0 Å². The van der Waals surface area contributed by atoms with Crippen molar-refractivity contribution in [2.24, 2.45) is 0 Å².